The lowest BCUT2D eigenvalue weighted by Gasteiger charge is -2.28. The predicted molar refractivity (Wildman–Crippen MR) is 78.7 cm³/mol. The number of halogens is 1. The van der Waals surface area contributed by atoms with Crippen LogP contribution in [0.4, 0.5) is 5.69 Å². The highest BCUT2D eigenvalue weighted by molar-refractivity contribution is 7.98. The Bertz CT molecular complexity index is 409. The molecule has 0 saturated heterocycles. The van der Waals surface area contributed by atoms with Crippen LogP contribution in [0, 0.1) is 5.41 Å². The number of nitrogens with zero attached hydrogens (tertiary/aromatic N) is 1. The van der Waals surface area contributed by atoms with Crippen molar-refractivity contribution in [3.63, 3.8) is 0 Å². The standard InChI is InChI=1S/C12H18ClN3S/c1-8(7-17-3)16(2)11-6-9(13)4-5-10(11)12(14)15/h4-6,8H,7H2,1-3H3,(H3,14,15). The first kappa shape index (κ1) is 14.2. The molecule has 3 nitrogen and oxygen atoms in total. The second-order valence-electron chi connectivity index (χ2n) is 3.99. The lowest BCUT2D eigenvalue weighted by atomic mass is 10.1. The Labute approximate surface area is 112 Å². The summed E-state index contributed by atoms with van der Waals surface area (Å²) >= 11 is 7.80. The van der Waals surface area contributed by atoms with E-state index in [0.717, 1.165) is 17.0 Å². The highest BCUT2D eigenvalue weighted by Gasteiger charge is 2.15. The molecule has 0 aliphatic rings. The van der Waals surface area contributed by atoms with Crippen molar-refractivity contribution in [3.05, 3.63) is 28.8 Å². The van der Waals surface area contributed by atoms with Gasteiger partial charge in [-0.15, -0.1) is 0 Å². The number of nitrogens with one attached hydrogen (secondary N) is 1. The Morgan fingerprint density at radius 2 is 2.24 bits per heavy atom. The molecule has 1 aromatic rings. The molecule has 0 bridgehead atoms. The van der Waals surface area contributed by atoms with Gasteiger partial charge in [-0.05, 0) is 31.4 Å². The van der Waals surface area contributed by atoms with Gasteiger partial charge >= 0.3 is 0 Å². The molecule has 5 heteroatoms. The molecule has 0 fully saturated rings. The van der Waals surface area contributed by atoms with E-state index in [-0.39, 0.29) is 5.84 Å². The van der Waals surface area contributed by atoms with E-state index in [4.69, 9.17) is 22.7 Å². The Kier molecular flexibility index (Phi) is 5.15. The number of amidine groups is 1. The molecule has 0 amide bonds. The van der Waals surface area contributed by atoms with Crippen molar-refractivity contribution in [2.24, 2.45) is 5.73 Å². The van der Waals surface area contributed by atoms with Gasteiger partial charge < -0.3 is 10.6 Å². The Morgan fingerprint density at radius 3 is 2.76 bits per heavy atom. The van der Waals surface area contributed by atoms with Crippen molar-refractivity contribution < 1.29 is 0 Å². The van der Waals surface area contributed by atoms with Gasteiger partial charge in [0.15, 0.2) is 0 Å². The van der Waals surface area contributed by atoms with Gasteiger partial charge in [-0.2, -0.15) is 11.8 Å². The van der Waals surface area contributed by atoms with Crippen molar-refractivity contribution >= 4 is 34.9 Å². The minimum absolute atomic E-state index is 0.0693. The van der Waals surface area contributed by atoms with E-state index >= 15 is 0 Å². The van der Waals surface area contributed by atoms with E-state index in [1.165, 1.54) is 0 Å². The van der Waals surface area contributed by atoms with E-state index in [1.807, 2.05) is 13.1 Å². The average molecular weight is 272 g/mol. The summed E-state index contributed by atoms with van der Waals surface area (Å²) in [5, 5.41) is 8.25. The summed E-state index contributed by atoms with van der Waals surface area (Å²) in [4.78, 5) is 2.11. The molecule has 1 unspecified atom stereocenters. The largest absolute Gasteiger partial charge is 0.384 e. The molecule has 0 aliphatic carbocycles. The van der Waals surface area contributed by atoms with Gasteiger partial charge in [-0.25, -0.2) is 0 Å². The van der Waals surface area contributed by atoms with Gasteiger partial charge in [0.2, 0.25) is 0 Å². The van der Waals surface area contributed by atoms with Crippen LogP contribution in [0.15, 0.2) is 18.2 Å². The first-order valence-electron chi connectivity index (χ1n) is 5.33. The zero-order valence-electron chi connectivity index (χ0n) is 10.3. The number of benzene rings is 1. The Morgan fingerprint density at radius 1 is 1.59 bits per heavy atom. The molecule has 94 valence electrons. The van der Waals surface area contributed by atoms with Crippen molar-refractivity contribution in [2.75, 3.05) is 24.0 Å². The van der Waals surface area contributed by atoms with Crippen LogP contribution in [0.25, 0.3) is 0 Å². The average Bonchev–Trinajstić information content (AvgIpc) is 2.27. The van der Waals surface area contributed by atoms with Gasteiger partial charge in [0.25, 0.3) is 0 Å². The lowest BCUT2D eigenvalue weighted by Crippen LogP contribution is -2.32. The summed E-state index contributed by atoms with van der Waals surface area (Å²) in [5.41, 5.74) is 7.22. The molecule has 0 radical (unpaired) electrons. The third-order valence-electron chi connectivity index (χ3n) is 2.70. The van der Waals surface area contributed by atoms with Crippen molar-refractivity contribution in [2.45, 2.75) is 13.0 Å². The van der Waals surface area contributed by atoms with Crippen LogP contribution < -0.4 is 10.6 Å². The summed E-state index contributed by atoms with van der Waals surface area (Å²) in [6, 6.07) is 5.77. The number of anilines is 1. The number of thioether (sulfide) groups is 1. The fraction of sp³-hybridized carbons (Fsp3) is 0.417. The molecule has 3 N–H and O–H groups in total. The fourth-order valence-electron chi connectivity index (χ4n) is 1.61. The number of nitrogens with two attached hydrogens (primary N) is 1. The van der Waals surface area contributed by atoms with Crippen LogP contribution in [0.2, 0.25) is 5.02 Å². The monoisotopic (exact) mass is 271 g/mol. The topological polar surface area (TPSA) is 53.1 Å². The molecule has 0 saturated carbocycles. The Balaban J connectivity index is 3.10. The number of hydrogen-bond donors (Lipinski definition) is 2. The second kappa shape index (κ2) is 6.17. The molecule has 1 aromatic carbocycles. The zero-order chi connectivity index (χ0) is 13.0. The van der Waals surface area contributed by atoms with Crippen LogP contribution in [0.3, 0.4) is 0 Å². The molecule has 1 atom stereocenters. The van der Waals surface area contributed by atoms with Crippen LogP contribution in [0.5, 0.6) is 0 Å². The summed E-state index contributed by atoms with van der Waals surface area (Å²) in [5.74, 6) is 1.08. The molecule has 1 rings (SSSR count). The summed E-state index contributed by atoms with van der Waals surface area (Å²) < 4.78 is 0. The van der Waals surface area contributed by atoms with Crippen LogP contribution in [0.1, 0.15) is 12.5 Å². The van der Waals surface area contributed by atoms with Gasteiger partial charge in [0, 0.05) is 35.1 Å². The maximum absolute atomic E-state index is 7.59. The van der Waals surface area contributed by atoms with Crippen LogP contribution in [-0.2, 0) is 0 Å². The van der Waals surface area contributed by atoms with Crippen molar-refractivity contribution in [3.8, 4) is 0 Å². The normalized spacial score (nSPS) is 12.2. The first-order chi connectivity index (χ1) is 7.97. The smallest absolute Gasteiger partial charge is 0.124 e. The van der Waals surface area contributed by atoms with Crippen LogP contribution in [-0.4, -0.2) is 30.9 Å². The highest BCUT2D eigenvalue weighted by atomic mass is 35.5. The number of hydrogen-bond acceptors (Lipinski definition) is 3. The first-order valence-corrected chi connectivity index (χ1v) is 7.10. The minimum Gasteiger partial charge on any atom is -0.384 e. The van der Waals surface area contributed by atoms with E-state index in [1.54, 1.807) is 23.9 Å². The number of rotatable bonds is 5. The SMILES string of the molecule is CSCC(C)N(C)c1cc(Cl)ccc1C(=N)N. The quantitative estimate of drug-likeness (QED) is 0.640. The van der Waals surface area contributed by atoms with E-state index in [9.17, 15) is 0 Å². The van der Waals surface area contributed by atoms with E-state index in [0.29, 0.717) is 11.1 Å². The third kappa shape index (κ3) is 3.54. The minimum atomic E-state index is 0.0693. The van der Waals surface area contributed by atoms with Crippen molar-refractivity contribution in [1.29, 1.82) is 5.41 Å². The van der Waals surface area contributed by atoms with E-state index < -0.39 is 0 Å². The molecule has 17 heavy (non-hydrogen) atoms. The molecule has 0 spiro atoms. The molecule has 0 aromatic heterocycles. The zero-order valence-corrected chi connectivity index (χ0v) is 11.9. The predicted octanol–water partition coefficient (Wildman–Crippen LogP) is 2.81. The summed E-state index contributed by atoms with van der Waals surface area (Å²) in [6.07, 6.45) is 2.08. The van der Waals surface area contributed by atoms with Crippen LogP contribution >= 0.6 is 23.4 Å². The maximum atomic E-state index is 7.59. The lowest BCUT2D eigenvalue weighted by molar-refractivity contribution is 0.765. The Hall–Kier alpha value is -0.870. The summed E-state index contributed by atoms with van der Waals surface area (Å²) in [7, 11) is 2.00. The highest BCUT2D eigenvalue weighted by Crippen LogP contribution is 2.25. The maximum Gasteiger partial charge on any atom is 0.124 e. The summed E-state index contributed by atoms with van der Waals surface area (Å²) in [6.45, 7) is 2.14. The van der Waals surface area contributed by atoms with E-state index in [2.05, 4.69) is 18.1 Å². The molecular formula is C12H18ClN3S. The molecule has 0 heterocycles. The van der Waals surface area contributed by atoms with Gasteiger partial charge in [-0.3, -0.25) is 5.41 Å². The van der Waals surface area contributed by atoms with Gasteiger partial charge in [0.05, 0.1) is 0 Å². The molecule has 0 aliphatic heterocycles. The second-order valence-corrected chi connectivity index (χ2v) is 5.34. The van der Waals surface area contributed by atoms with Gasteiger partial charge in [0.1, 0.15) is 5.84 Å². The molecular weight excluding hydrogens is 254 g/mol. The van der Waals surface area contributed by atoms with Crippen molar-refractivity contribution in [1.82, 2.24) is 0 Å². The number of nitrogen functional groups attached to an aromatic ring is 1. The van der Waals surface area contributed by atoms with Gasteiger partial charge in [-0.1, -0.05) is 11.6 Å². The fourth-order valence-corrected chi connectivity index (χ4v) is 2.49. The third-order valence-corrected chi connectivity index (χ3v) is 3.75.